The van der Waals surface area contributed by atoms with Crippen LogP contribution >= 0.6 is 0 Å². The van der Waals surface area contributed by atoms with E-state index in [1.54, 1.807) is 13.3 Å². The minimum absolute atomic E-state index is 0.00670. The van der Waals surface area contributed by atoms with E-state index in [2.05, 4.69) is 28.3 Å². The van der Waals surface area contributed by atoms with Gasteiger partial charge in [-0.25, -0.2) is 9.97 Å². The van der Waals surface area contributed by atoms with Crippen LogP contribution in [0, 0.1) is 6.92 Å². The molecule has 8 heteroatoms. The van der Waals surface area contributed by atoms with Crippen molar-refractivity contribution < 1.29 is 14.2 Å². The predicted octanol–water partition coefficient (Wildman–Crippen LogP) is 4.42. The fourth-order valence-corrected chi connectivity index (χ4v) is 4.18. The predicted molar refractivity (Wildman–Crippen MR) is 129 cm³/mol. The van der Waals surface area contributed by atoms with Crippen LogP contribution in [0.1, 0.15) is 30.8 Å². The van der Waals surface area contributed by atoms with Crippen LogP contribution < -0.4 is 20.5 Å². The highest BCUT2D eigenvalue weighted by molar-refractivity contribution is 5.92. The molecule has 0 radical (unpaired) electrons. The molecule has 3 N–H and O–H groups in total. The fraction of sp³-hybridized carbons (Fsp3) is 0.320. The van der Waals surface area contributed by atoms with Gasteiger partial charge >= 0.3 is 0 Å². The first kappa shape index (κ1) is 21.2. The molecule has 2 unspecified atom stereocenters. The largest absolute Gasteiger partial charge is 0.493 e. The molecule has 0 saturated carbocycles. The summed E-state index contributed by atoms with van der Waals surface area (Å²) in [5.41, 5.74) is 9.57. The van der Waals surface area contributed by atoms with Crippen molar-refractivity contribution in [2.75, 3.05) is 31.4 Å². The maximum absolute atomic E-state index is 6.28. The van der Waals surface area contributed by atoms with Crippen molar-refractivity contribution in [2.45, 2.75) is 32.4 Å². The van der Waals surface area contributed by atoms with Gasteiger partial charge < -0.3 is 25.3 Å². The number of rotatable bonds is 6. The number of hydrogen-bond donors (Lipinski definition) is 2. The lowest BCUT2D eigenvalue weighted by Crippen LogP contribution is -2.16. The van der Waals surface area contributed by atoms with E-state index in [-0.39, 0.29) is 12.1 Å². The topological polar surface area (TPSA) is 104 Å². The molecule has 1 aliphatic rings. The van der Waals surface area contributed by atoms with Crippen LogP contribution in [-0.4, -0.2) is 41.4 Å². The molecule has 170 valence electrons. The Bertz CT molecular complexity index is 1320. The summed E-state index contributed by atoms with van der Waals surface area (Å²) in [7, 11) is 1.63. The minimum Gasteiger partial charge on any atom is -0.493 e. The average Bonchev–Trinajstić information content (AvgIpc) is 3.32. The molecule has 8 nitrogen and oxygen atoms in total. The van der Waals surface area contributed by atoms with Gasteiger partial charge in [-0.2, -0.15) is 0 Å². The second-order valence-corrected chi connectivity index (χ2v) is 8.29. The van der Waals surface area contributed by atoms with Crippen LogP contribution in [0.2, 0.25) is 0 Å². The second-order valence-electron chi connectivity index (χ2n) is 8.29. The van der Waals surface area contributed by atoms with Gasteiger partial charge in [0.2, 0.25) is 0 Å². The van der Waals surface area contributed by atoms with Gasteiger partial charge in [-0.15, -0.1) is 0 Å². The summed E-state index contributed by atoms with van der Waals surface area (Å²) in [6.07, 6.45) is 2.61. The summed E-state index contributed by atoms with van der Waals surface area (Å²) in [6, 6.07) is 11.8. The zero-order chi connectivity index (χ0) is 22.9. The van der Waals surface area contributed by atoms with Gasteiger partial charge in [-0.05, 0) is 43.7 Å². The van der Waals surface area contributed by atoms with Crippen molar-refractivity contribution in [1.82, 2.24) is 15.0 Å². The number of hydrogen-bond acceptors (Lipinski definition) is 8. The molecule has 2 aromatic carbocycles. The van der Waals surface area contributed by atoms with Crippen LogP contribution in [0.5, 0.6) is 11.5 Å². The van der Waals surface area contributed by atoms with Crippen molar-refractivity contribution in [3.63, 3.8) is 0 Å². The lowest BCUT2D eigenvalue weighted by Gasteiger charge is -2.20. The number of nitrogens with two attached hydrogens (primary N) is 1. The Hall–Kier alpha value is -3.65. The Morgan fingerprint density at radius 2 is 2.06 bits per heavy atom. The first-order valence-electron chi connectivity index (χ1n) is 11.0. The molecule has 1 fully saturated rings. The van der Waals surface area contributed by atoms with E-state index in [1.165, 1.54) is 0 Å². The number of methoxy groups -OCH3 is 1. The minimum atomic E-state index is -0.0518. The third-order valence-electron chi connectivity index (χ3n) is 5.88. The Labute approximate surface area is 192 Å². The molecule has 0 amide bonds. The van der Waals surface area contributed by atoms with Gasteiger partial charge in [-0.1, -0.05) is 6.07 Å². The summed E-state index contributed by atoms with van der Waals surface area (Å²) < 4.78 is 17.2. The van der Waals surface area contributed by atoms with Crippen molar-refractivity contribution in [1.29, 1.82) is 0 Å². The number of fused-ring (bicyclic) bond motifs is 2. The number of ether oxygens (including phenoxy) is 3. The zero-order valence-electron chi connectivity index (χ0n) is 19.0. The van der Waals surface area contributed by atoms with Crippen LogP contribution in [0.3, 0.4) is 0 Å². The molecule has 1 saturated heterocycles. The highest BCUT2D eigenvalue weighted by atomic mass is 16.6. The first-order chi connectivity index (χ1) is 16.0. The lowest BCUT2D eigenvalue weighted by molar-refractivity contribution is 0.139. The lowest BCUT2D eigenvalue weighted by atomic mass is 10.0. The normalized spacial score (nSPS) is 16.8. The summed E-state index contributed by atoms with van der Waals surface area (Å²) in [4.78, 5) is 13.7. The van der Waals surface area contributed by atoms with E-state index in [9.17, 15) is 0 Å². The summed E-state index contributed by atoms with van der Waals surface area (Å²) in [5, 5.41) is 5.41. The number of aryl methyl sites for hydroxylation is 1. The van der Waals surface area contributed by atoms with Gasteiger partial charge in [0.25, 0.3) is 0 Å². The Morgan fingerprint density at radius 3 is 2.85 bits per heavy atom. The molecule has 5 rings (SSSR count). The molecule has 4 aromatic rings. The van der Waals surface area contributed by atoms with Crippen molar-refractivity contribution in [3.05, 3.63) is 54.0 Å². The van der Waals surface area contributed by atoms with Gasteiger partial charge in [0.15, 0.2) is 11.5 Å². The number of nitrogens with zero attached hydrogens (tertiary/aromatic N) is 3. The smallest absolute Gasteiger partial charge is 0.162 e. The highest BCUT2D eigenvalue weighted by Crippen LogP contribution is 2.37. The Kier molecular flexibility index (Phi) is 5.60. The van der Waals surface area contributed by atoms with Crippen LogP contribution in [0.4, 0.5) is 11.5 Å². The summed E-state index contributed by atoms with van der Waals surface area (Å²) >= 11 is 0. The number of nitrogen functional groups attached to an aromatic ring is 1. The maximum atomic E-state index is 6.28. The summed E-state index contributed by atoms with van der Waals surface area (Å²) in [6.45, 7) is 5.24. The molecular formula is C25H27N5O3. The number of nitrogens with one attached hydrogen (secondary N) is 1. The zero-order valence-corrected chi connectivity index (χ0v) is 19.0. The van der Waals surface area contributed by atoms with Gasteiger partial charge in [0, 0.05) is 29.5 Å². The monoisotopic (exact) mass is 445 g/mol. The van der Waals surface area contributed by atoms with Gasteiger partial charge in [-0.3, -0.25) is 4.98 Å². The van der Waals surface area contributed by atoms with Gasteiger partial charge in [0.05, 0.1) is 43.1 Å². The number of aromatic nitrogens is 3. The highest BCUT2D eigenvalue weighted by Gasteiger charge is 2.21. The second kappa shape index (κ2) is 8.71. The van der Waals surface area contributed by atoms with E-state index in [0.29, 0.717) is 36.2 Å². The van der Waals surface area contributed by atoms with E-state index in [4.69, 9.17) is 24.9 Å². The van der Waals surface area contributed by atoms with Crippen LogP contribution in [0.25, 0.3) is 21.8 Å². The summed E-state index contributed by atoms with van der Waals surface area (Å²) in [5.74, 6) is 2.69. The fourth-order valence-electron chi connectivity index (χ4n) is 4.18. The van der Waals surface area contributed by atoms with Crippen LogP contribution in [0.15, 0.2) is 42.6 Å². The van der Waals surface area contributed by atoms with Crippen molar-refractivity contribution in [2.24, 2.45) is 0 Å². The standard InChI is InChI=1S/C25H27N5O3/c1-14(17-9-16-5-4-7-27-24(16)20(26)10-17)28-25-19-11-23(33-18-6-8-32-13-18)22(31-3)12-21(19)29-15(2)30-25/h4-5,7,9-12,14,18H,6,8,13,26H2,1-3H3,(H,28,29,30). The average molecular weight is 446 g/mol. The number of benzene rings is 2. The molecule has 2 aromatic heterocycles. The molecule has 0 spiro atoms. The third-order valence-corrected chi connectivity index (χ3v) is 5.88. The molecule has 33 heavy (non-hydrogen) atoms. The number of pyridine rings is 1. The SMILES string of the molecule is COc1cc2nc(C)nc(NC(C)c3cc(N)c4ncccc4c3)c2cc1OC1CCOC1. The molecule has 0 aliphatic carbocycles. The number of anilines is 2. The molecule has 1 aliphatic heterocycles. The van der Waals surface area contributed by atoms with Crippen molar-refractivity contribution in [3.8, 4) is 11.5 Å². The van der Waals surface area contributed by atoms with E-state index in [0.717, 1.165) is 39.6 Å². The van der Waals surface area contributed by atoms with E-state index >= 15 is 0 Å². The molecular weight excluding hydrogens is 418 g/mol. The van der Waals surface area contributed by atoms with Crippen molar-refractivity contribution >= 4 is 33.3 Å². The van der Waals surface area contributed by atoms with E-state index in [1.807, 2.05) is 37.3 Å². The molecule has 3 heterocycles. The van der Waals surface area contributed by atoms with Crippen LogP contribution in [-0.2, 0) is 4.74 Å². The van der Waals surface area contributed by atoms with E-state index < -0.39 is 0 Å². The Balaban J connectivity index is 1.52. The first-order valence-corrected chi connectivity index (χ1v) is 11.0. The third kappa shape index (κ3) is 4.21. The molecule has 2 atom stereocenters. The quantitative estimate of drug-likeness (QED) is 0.420. The molecule has 0 bridgehead atoms. The van der Waals surface area contributed by atoms with Gasteiger partial charge in [0.1, 0.15) is 17.7 Å². The maximum Gasteiger partial charge on any atom is 0.162 e. The Morgan fingerprint density at radius 1 is 1.18 bits per heavy atom.